The Labute approximate surface area is 110 Å². The quantitative estimate of drug-likeness (QED) is 0.766. The van der Waals surface area contributed by atoms with Gasteiger partial charge in [0.2, 0.25) is 0 Å². The van der Waals surface area contributed by atoms with Crippen LogP contribution in [0.25, 0.3) is 0 Å². The maximum absolute atomic E-state index is 12.1. The third kappa shape index (κ3) is 1.70. The fourth-order valence-corrected chi connectivity index (χ4v) is 4.90. The molecule has 0 aromatic rings. The van der Waals surface area contributed by atoms with Crippen LogP contribution in [-0.4, -0.2) is 24.7 Å². The highest BCUT2D eigenvalue weighted by Crippen LogP contribution is 2.57. The molecule has 102 valence electrons. The van der Waals surface area contributed by atoms with Gasteiger partial charge in [-0.25, -0.2) is 0 Å². The lowest BCUT2D eigenvalue weighted by atomic mass is 9.50. The summed E-state index contributed by atoms with van der Waals surface area (Å²) in [5.74, 6) is 0.985. The molecular weight excluding hydrogens is 226 g/mol. The summed E-state index contributed by atoms with van der Waals surface area (Å²) < 4.78 is 5.27. The predicted molar refractivity (Wildman–Crippen MR) is 70.1 cm³/mol. The number of ether oxygens (including phenoxy) is 1. The summed E-state index contributed by atoms with van der Waals surface area (Å²) in [6.07, 6.45) is 7.65. The number of carbonyl (C=O) groups excluding carboxylic acids is 1. The molecule has 0 radical (unpaired) electrons. The molecule has 5 unspecified atom stereocenters. The van der Waals surface area contributed by atoms with Crippen molar-refractivity contribution in [3.05, 3.63) is 0 Å². The van der Waals surface area contributed by atoms with Crippen molar-refractivity contribution in [2.24, 2.45) is 17.3 Å². The van der Waals surface area contributed by atoms with Gasteiger partial charge in [-0.3, -0.25) is 4.79 Å². The fourth-order valence-electron chi connectivity index (χ4n) is 4.90. The summed E-state index contributed by atoms with van der Waals surface area (Å²) in [4.78, 5) is 12.1. The zero-order chi connectivity index (χ0) is 12.8. The van der Waals surface area contributed by atoms with Crippen LogP contribution in [-0.2, 0) is 9.53 Å². The molecule has 0 aromatic heterocycles. The first-order chi connectivity index (χ1) is 8.67. The number of nitrogens with one attached hydrogen (secondary N) is 1. The van der Waals surface area contributed by atoms with E-state index in [1.165, 1.54) is 32.1 Å². The zero-order valence-corrected chi connectivity index (χ0v) is 11.6. The zero-order valence-electron chi connectivity index (χ0n) is 11.6. The van der Waals surface area contributed by atoms with Gasteiger partial charge < -0.3 is 10.1 Å². The van der Waals surface area contributed by atoms with Crippen molar-refractivity contribution in [2.75, 3.05) is 6.61 Å². The summed E-state index contributed by atoms with van der Waals surface area (Å²) in [5.41, 5.74) is 0.379. The number of esters is 1. The summed E-state index contributed by atoms with van der Waals surface area (Å²) >= 11 is 0. The van der Waals surface area contributed by atoms with E-state index in [0.717, 1.165) is 12.3 Å². The molecule has 4 aliphatic rings. The molecule has 3 heteroatoms. The first-order valence-corrected chi connectivity index (χ1v) is 7.60. The summed E-state index contributed by atoms with van der Waals surface area (Å²) in [7, 11) is 0. The molecule has 1 spiro atoms. The third-order valence-electron chi connectivity index (χ3n) is 5.80. The summed E-state index contributed by atoms with van der Waals surface area (Å²) in [6, 6.07) is 0.941. The Morgan fingerprint density at radius 1 is 1.44 bits per heavy atom. The lowest BCUT2D eigenvalue weighted by Gasteiger charge is -2.61. The van der Waals surface area contributed by atoms with Gasteiger partial charge in [-0.2, -0.15) is 0 Å². The van der Waals surface area contributed by atoms with Gasteiger partial charge in [0.1, 0.15) is 0 Å². The highest BCUT2D eigenvalue weighted by Gasteiger charge is 2.57. The highest BCUT2D eigenvalue weighted by molar-refractivity contribution is 5.74. The van der Waals surface area contributed by atoms with Gasteiger partial charge in [0.05, 0.1) is 12.5 Å². The van der Waals surface area contributed by atoms with Gasteiger partial charge in [-0.1, -0.05) is 12.8 Å². The molecule has 0 amide bonds. The Hall–Kier alpha value is -0.570. The SMILES string of the molecule is CCOC(=O)C1CC23CCCCC2CC1NC3C. The number of hydrogen-bond acceptors (Lipinski definition) is 3. The average molecular weight is 251 g/mol. The average Bonchev–Trinajstić information content (AvgIpc) is 2.38. The van der Waals surface area contributed by atoms with Crippen molar-refractivity contribution in [1.29, 1.82) is 0 Å². The first-order valence-electron chi connectivity index (χ1n) is 7.60. The maximum Gasteiger partial charge on any atom is 0.310 e. The number of hydrogen-bond donors (Lipinski definition) is 1. The van der Waals surface area contributed by atoms with E-state index in [1.807, 2.05) is 6.92 Å². The van der Waals surface area contributed by atoms with Crippen LogP contribution in [0.1, 0.15) is 52.4 Å². The summed E-state index contributed by atoms with van der Waals surface area (Å²) in [6.45, 7) is 4.73. The molecule has 18 heavy (non-hydrogen) atoms. The van der Waals surface area contributed by atoms with E-state index in [4.69, 9.17) is 4.74 Å². The number of rotatable bonds is 2. The van der Waals surface area contributed by atoms with Crippen molar-refractivity contribution >= 4 is 5.97 Å². The second-order valence-electron chi connectivity index (χ2n) is 6.47. The van der Waals surface area contributed by atoms with Crippen LogP contribution in [0.5, 0.6) is 0 Å². The lowest BCUT2D eigenvalue weighted by molar-refractivity contribution is -0.161. The van der Waals surface area contributed by atoms with Gasteiger partial charge in [0, 0.05) is 12.1 Å². The second kappa shape index (κ2) is 4.52. The summed E-state index contributed by atoms with van der Waals surface area (Å²) in [5, 5.41) is 3.69. The van der Waals surface area contributed by atoms with E-state index in [2.05, 4.69) is 12.2 Å². The van der Waals surface area contributed by atoms with Crippen molar-refractivity contribution < 1.29 is 9.53 Å². The largest absolute Gasteiger partial charge is 0.466 e. The molecule has 2 heterocycles. The Bertz CT molecular complexity index is 343. The molecule has 2 aliphatic heterocycles. The van der Waals surface area contributed by atoms with Gasteiger partial charge >= 0.3 is 5.97 Å². The molecule has 2 bridgehead atoms. The van der Waals surface area contributed by atoms with Crippen molar-refractivity contribution in [1.82, 2.24) is 5.32 Å². The van der Waals surface area contributed by atoms with E-state index in [-0.39, 0.29) is 11.9 Å². The molecule has 4 fully saturated rings. The number of carbonyl (C=O) groups is 1. The lowest BCUT2D eigenvalue weighted by Crippen LogP contribution is -2.67. The molecule has 0 aromatic carbocycles. The fraction of sp³-hybridized carbons (Fsp3) is 0.933. The maximum atomic E-state index is 12.1. The van der Waals surface area contributed by atoms with E-state index >= 15 is 0 Å². The van der Waals surface area contributed by atoms with Crippen molar-refractivity contribution in [3.8, 4) is 0 Å². The molecule has 4 rings (SSSR count). The Morgan fingerprint density at radius 3 is 3.06 bits per heavy atom. The van der Waals surface area contributed by atoms with Crippen molar-refractivity contribution in [2.45, 2.75) is 64.5 Å². The van der Waals surface area contributed by atoms with Crippen molar-refractivity contribution in [3.63, 3.8) is 0 Å². The first kappa shape index (κ1) is 12.5. The van der Waals surface area contributed by atoms with Gasteiger partial charge in [-0.05, 0) is 50.9 Å². The Balaban J connectivity index is 1.82. The Kier molecular flexibility index (Phi) is 3.13. The van der Waals surface area contributed by atoms with E-state index in [9.17, 15) is 4.79 Å². The number of fused-ring (bicyclic) bond motifs is 2. The second-order valence-corrected chi connectivity index (χ2v) is 6.47. The molecule has 3 nitrogen and oxygen atoms in total. The molecule has 2 saturated heterocycles. The topological polar surface area (TPSA) is 38.3 Å². The number of piperidine rings is 2. The molecule has 5 atom stereocenters. The third-order valence-corrected chi connectivity index (χ3v) is 5.80. The monoisotopic (exact) mass is 251 g/mol. The van der Waals surface area contributed by atoms with E-state index in [1.54, 1.807) is 0 Å². The minimum atomic E-state index is 0.0327. The van der Waals surface area contributed by atoms with Gasteiger partial charge in [0.15, 0.2) is 0 Å². The van der Waals surface area contributed by atoms with Crippen LogP contribution in [0.15, 0.2) is 0 Å². The molecule has 2 aliphatic carbocycles. The van der Waals surface area contributed by atoms with Crippen LogP contribution in [0.4, 0.5) is 0 Å². The molecule has 2 saturated carbocycles. The van der Waals surface area contributed by atoms with Crippen LogP contribution in [0.2, 0.25) is 0 Å². The van der Waals surface area contributed by atoms with Crippen LogP contribution in [0, 0.1) is 17.3 Å². The Morgan fingerprint density at radius 2 is 2.28 bits per heavy atom. The normalized spacial score (nSPS) is 46.6. The standard InChI is InChI=1S/C15H25NO2/c1-3-18-14(17)12-9-15-7-5-4-6-11(15)8-13(12)16-10(15)2/h10-13,16H,3-9H2,1-2H3. The van der Waals surface area contributed by atoms with Crippen LogP contribution >= 0.6 is 0 Å². The van der Waals surface area contributed by atoms with Crippen LogP contribution in [0.3, 0.4) is 0 Å². The smallest absolute Gasteiger partial charge is 0.310 e. The van der Waals surface area contributed by atoms with E-state index in [0.29, 0.717) is 24.1 Å². The minimum Gasteiger partial charge on any atom is -0.466 e. The molecular formula is C15H25NO2. The molecule has 1 N–H and O–H groups in total. The minimum absolute atomic E-state index is 0.0327. The van der Waals surface area contributed by atoms with Gasteiger partial charge in [0.25, 0.3) is 0 Å². The van der Waals surface area contributed by atoms with Gasteiger partial charge in [-0.15, -0.1) is 0 Å². The van der Waals surface area contributed by atoms with E-state index < -0.39 is 0 Å². The highest BCUT2D eigenvalue weighted by atomic mass is 16.5. The van der Waals surface area contributed by atoms with Crippen LogP contribution < -0.4 is 5.32 Å². The predicted octanol–water partition coefficient (Wildman–Crippen LogP) is 2.50.